The summed E-state index contributed by atoms with van der Waals surface area (Å²) in [6.45, 7) is 7.71. The Labute approximate surface area is 107 Å². The number of nitrogens with zero attached hydrogens (tertiary/aromatic N) is 1. The summed E-state index contributed by atoms with van der Waals surface area (Å²) in [6, 6.07) is 5.81. The Hall–Kier alpha value is -1.59. The van der Waals surface area contributed by atoms with Crippen LogP contribution in [0.1, 0.15) is 31.1 Å². The van der Waals surface area contributed by atoms with E-state index in [-0.39, 0.29) is 17.5 Å². The molecule has 0 aliphatic carbocycles. The van der Waals surface area contributed by atoms with E-state index in [2.05, 4.69) is 0 Å². The average Bonchev–Trinajstić information content (AvgIpc) is 2.31. The molecule has 5 nitrogen and oxygen atoms in total. The maximum atomic E-state index is 10.3. The number of hydrogen-bond donors (Lipinski definition) is 3. The largest absolute Gasteiger partial charge is 0.507 e. The van der Waals surface area contributed by atoms with Gasteiger partial charge in [0.05, 0.1) is 0 Å². The Balaban J connectivity index is 0.000000331. The summed E-state index contributed by atoms with van der Waals surface area (Å²) in [4.78, 5) is 12.2. The lowest BCUT2D eigenvalue weighted by Gasteiger charge is -2.20. The minimum atomic E-state index is -1.11. The molecular formula is C13H21NO4. The highest BCUT2D eigenvalue weighted by Gasteiger charge is 2.05. The van der Waals surface area contributed by atoms with E-state index in [1.807, 2.05) is 18.7 Å². The van der Waals surface area contributed by atoms with Crippen molar-refractivity contribution in [1.82, 2.24) is 4.90 Å². The summed E-state index contributed by atoms with van der Waals surface area (Å²) in [5, 5.41) is 26.2. The number of carbonyl (C=O) groups is 1. The van der Waals surface area contributed by atoms with Gasteiger partial charge in [-0.05, 0) is 32.1 Å². The van der Waals surface area contributed by atoms with E-state index in [0.717, 1.165) is 13.1 Å². The Morgan fingerprint density at radius 2 is 1.78 bits per heavy atom. The lowest BCUT2D eigenvalue weighted by molar-refractivity contribution is 0.0265. The second-order valence-electron chi connectivity index (χ2n) is 3.68. The van der Waals surface area contributed by atoms with Gasteiger partial charge in [0.2, 0.25) is 0 Å². The number of para-hydroxylation sites is 1. The molecule has 0 radical (unpaired) electrons. The summed E-state index contributed by atoms with van der Waals surface area (Å²) in [7, 11) is 0. The Morgan fingerprint density at radius 3 is 2.00 bits per heavy atom. The fourth-order valence-electron chi connectivity index (χ4n) is 1.41. The van der Waals surface area contributed by atoms with Crippen LogP contribution < -0.4 is 0 Å². The molecule has 0 fully saturated rings. The third kappa shape index (κ3) is 5.65. The molecule has 0 saturated carbocycles. The second-order valence-corrected chi connectivity index (χ2v) is 3.68. The number of carboxylic acid groups (broad SMARTS) is 1. The number of phenols is 1. The zero-order chi connectivity index (χ0) is 14.1. The number of rotatable bonds is 4. The van der Waals surface area contributed by atoms with Crippen LogP contribution in [-0.4, -0.2) is 45.5 Å². The third-order valence-electron chi connectivity index (χ3n) is 2.48. The molecule has 0 spiro atoms. The topological polar surface area (TPSA) is 81.0 Å². The van der Waals surface area contributed by atoms with Gasteiger partial charge >= 0.3 is 5.97 Å². The van der Waals surface area contributed by atoms with Crippen LogP contribution in [0.5, 0.6) is 5.75 Å². The molecule has 1 rings (SSSR count). The van der Waals surface area contributed by atoms with Crippen LogP contribution in [-0.2, 0) is 0 Å². The van der Waals surface area contributed by atoms with Crippen molar-refractivity contribution in [2.24, 2.45) is 0 Å². The van der Waals surface area contributed by atoms with Gasteiger partial charge in [-0.2, -0.15) is 0 Å². The molecule has 1 unspecified atom stereocenters. The van der Waals surface area contributed by atoms with Gasteiger partial charge in [-0.3, -0.25) is 4.90 Å². The molecule has 102 valence electrons. The van der Waals surface area contributed by atoms with Crippen molar-refractivity contribution in [1.29, 1.82) is 0 Å². The summed E-state index contributed by atoms with van der Waals surface area (Å²) in [6.07, 6.45) is -0.287. The van der Waals surface area contributed by atoms with Crippen molar-refractivity contribution in [3.63, 3.8) is 0 Å². The predicted octanol–water partition coefficient (Wildman–Crippen LogP) is 1.76. The zero-order valence-electron chi connectivity index (χ0n) is 11.0. The molecule has 0 aliphatic rings. The average molecular weight is 255 g/mol. The molecule has 0 amide bonds. The van der Waals surface area contributed by atoms with Crippen molar-refractivity contribution >= 4 is 5.97 Å². The minimum Gasteiger partial charge on any atom is -0.507 e. The number of carboxylic acids is 1. The van der Waals surface area contributed by atoms with E-state index in [4.69, 9.17) is 15.3 Å². The van der Waals surface area contributed by atoms with Gasteiger partial charge in [0, 0.05) is 0 Å². The molecule has 0 aliphatic heterocycles. The lowest BCUT2D eigenvalue weighted by atomic mass is 10.2. The van der Waals surface area contributed by atoms with Crippen molar-refractivity contribution in [2.75, 3.05) is 13.1 Å². The van der Waals surface area contributed by atoms with Crippen LogP contribution in [0.4, 0.5) is 0 Å². The quantitative estimate of drug-likeness (QED) is 0.714. The van der Waals surface area contributed by atoms with Crippen LogP contribution in [0, 0.1) is 0 Å². The smallest absolute Gasteiger partial charge is 0.339 e. The van der Waals surface area contributed by atoms with E-state index < -0.39 is 5.97 Å². The van der Waals surface area contributed by atoms with Crippen LogP contribution in [0.2, 0.25) is 0 Å². The minimum absolute atomic E-state index is 0.0671. The van der Waals surface area contributed by atoms with E-state index >= 15 is 0 Å². The molecule has 1 aromatic carbocycles. The van der Waals surface area contributed by atoms with Gasteiger partial charge < -0.3 is 15.3 Å². The first-order chi connectivity index (χ1) is 8.43. The number of aromatic carboxylic acids is 1. The first-order valence-corrected chi connectivity index (χ1v) is 5.87. The first kappa shape index (κ1) is 16.4. The zero-order valence-corrected chi connectivity index (χ0v) is 11.0. The Bertz CT molecular complexity index is 362. The van der Waals surface area contributed by atoms with Crippen molar-refractivity contribution in [3.8, 4) is 5.75 Å². The van der Waals surface area contributed by atoms with Crippen LogP contribution in [0.15, 0.2) is 24.3 Å². The van der Waals surface area contributed by atoms with Crippen LogP contribution >= 0.6 is 0 Å². The molecular weight excluding hydrogens is 234 g/mol. The van der Waals surface area contributed by atoms with E-state index in [1.165, 1.54) is 12.1 Å². The predicted molar refractivity (Wildman–Crippen MR) is 69.7 cm³/mol. The molecule has 1 aromatic rings. The summed E-state index contributed by atoms with van der Waals surface area (Å²) in [5.74, 6) is -1.31. The second kappa shape index (κ2) is 8.49. The van der Waals surface area contributed by atoms with E-state index in [0.29, 0.717) is 0 Å². The Kier molecular flexibility index (Phi) is 7.74. The molecule has 5 heteroatoms. The SMILES string of the molecule is CCN(CC)C(C)O.O=C(O)c1ccccc1O. The normalized spacial score (nSPS) is 11.6. The summed E-state index contributed by atoms with van der Waals surface area (Å²) >= 11 is 0. The molecule has 1 atom stereocenters. The molecule has 0 saturated heterocycles. The number of benzene rings is 1. The molecule has 18 heavy (non-hydrogen) atoms. The molecule has 0 heterocycles. The highest BCUT2D eigenvalue weighted by Crippen LogP contribution is 2.14. The van der Waals surface area contributed by atoms with Gasteiger partial charge in [0.15, 0.2) is 0 Å². The number of aliphatic hydroxyl groups is 1. The van der Waals surface area contributed by atoms with Crippen LogP contribution in [0.3, 0.4) is 0 Å². The standard InChI is InChI=1S/C7H6O3.C6H15NO/c8-6-4-2-1-3-5(6)7(9)10;1-4-7(5-2)6(3)8/h1-4,8H,(H,9,10);6,8H,4-5H2,1-3H3. The highest BCUT2D eigenvalue weighted by atomic mass is 16.4. The van der Waals surface area contributed by atoms with Gasteiger partial charge in [-0.1, -0.05) is 26.0 Å². The molecule has 0 bridgehead atoms. The van der Waals surface area contributed by atoms with E-state index in [1.54, 1.807) is 19.1 Å². The summed E-state index contributed by atoms with van der Waals surface area (Å²) < 4.78 is 0. The fourth-order valence-corrected chi connectivity index (χ4v) is 1.41. The van der Waals surface area contributed by atoms with Crippen LogP contribution in [0.25, 0.3) is 0 Å². The maximum absolute atomic E-state index is 10.3. The Morgan fingerprint density at radius 1 is 1.28 bits per heavy atom. The third-order valence-corrected chi connectivity index (χ3v) is 2.48. The van der Waals surface area contributed by atoms with Gasteiger partial charge in [0.1, 0.15) is 17.5 Å². The lowest BCUT2D eigenvalue weighted by Crippen LogP contribution is -2.32. The molecule has 0 aromatic heterocycles. The first-order valence-electron chi connectivity index (χ1n) is 5.87. The van der Waals surface area contributed by atoms with Gasteiger partial charge in [-0.15, -0.1) is 0 Å². The van der Waals surface area contributed by atoms with E-state index in [9.17, 15) is 4.79 Å². The maximum Gasteiger partial charge on any atom is 0.339 e. The number of aromatic hydroxyl groups is 1. The van der Waals surface area contributed by atoms with Crippen molar-refractivity contribution in [3.05, 3.63) is 29.8 Å². The summed E-state index contributed by atoms with van der Waals surface area (Å²) in [5.41, 5.74) is -0.0671. The van der Waals surface area contributed by atoms with Gasteiger partial charge in [0.25, 0.3) is 0 Å². The van der Waals surface area contributed by atoms with Crippen molar-refractivity contribution < 1.29 is 20.1 Å². The fraction of sp³-hybridized carbons (Fsp3) is 0.462. The molecule has 3 N–H and O–H groups in total. The monoisotopic (exact) mass is 255 g/mol. The number of hydrogen-bond acceptors (Lipinski definition) is 4. The highest BCUT2D eigenvalue weighted by molar-refractivity contribution is 5.90. The number of aliphatic hydroxyl groups excluding tert-OH is 1. The van der Waals surface area contributed by atoms with Crippen molar-refractivity contribution in [2.45, 2.75) is 27.0 Å². The van der Waals surface area contributed by atoms with Gasteiger partial charge in [-0.25, -0.2) is 4.79 Å².